The normalized spacial score (nSPS) is 25.3. The van der Waals surface area contributed by atoms with Crippen LogP contribution in [-0.2, 0) is 29.1 Å². The first kappa shape index (κ1) is 25.1. The number of fused-ring (bicyclic) bond motifs is 1. The van der Waals surface area contributed by atoms with Gasteiger partial charge in [-0.2, -0.15) is 4.31 Å². The van der Waals surface area contributed by atoms with Gasteiger partial charge in [0.1, 0.15) is 0 Å². The molecule has 2 unspecified atom stereocenters. The van der Waals surface area contributed by atoms with Gasteiger partial charge in [0.25, 0.3) is 0 Å². The van der Waals surface area contributed by atoms with Crippen molar-refractivity contribution in [2.45, 2.75) is 24.3 Å². The molecule has 1 fully saturated rings. The first-order valence-corrected chi connectivity index (χ1v) is 12.7. The van der Waals surface area contributed by atoms with E-state index in [9.17, 15) is 23.1 Å². The standard InChI is InChI=1S/C26H29NO7S/c1-17-9-11-20(12-10-17)35(31,32)27-15-19-13-21(24(29)33-2)22(25(30)34-3)14-26(19,16-27)23(28)18-7-5-4-6-8-18/h4-13,21-23,28H,14-16H2,1-3H3/t21?,22?,23-,26+/m0/s1. The second kappa shape index (κ2) is 9.56. The number of hydrogen-bond acceptors (Lipinski definition) is 7. The molecule has 2 aliphatic rings. The molecule has 0 saturated carbocycles. The lowest BCUT2D eigenvalue weighted by atomic mass is 9.62. The van der Waals surface area contributed by atoms with Crippen LogP contribution in [0.25, 0.3) is 0 Å². The Morgan fingerprint density at radius 1 is 1.03 bits per heavy atom. The van der Waals surface area contributed by atoms with E-state index < -0.39 is 45.3 Å². The van der Waals surface area contributed by atoms with Crippen LogP contribution < -0.4 is 0 Å². The number of carbonyl (C=O) groups is 2. The molecular weight excluding hydrogens is 470 g/mol. The van der Waals surface area contributed by atoms with Crippen molar-refractivity contribution in [3.05, 3.63) is 77.4 Å². The van der Waals surface area contributed by atoms with Crippen LogP contribution in [0.4, 0.5) is 0 Å². The highest BCUT2D eigenvalue weighted by molar-refractivity contribution is 7.89. The number of aliphatic hydroxyl groups excluding tert-OH is 1. The Morgan fingerprint density at radius 2 is 1.66 bits per heavy atom. The molecule has 1 saturated heterocycles. The van der Waals surface area contributed by atoms with Gasteiger partial charge in [-0.25, -0.2) is 8.42 Å². The minimum absolute atomic E-state index is 0.0124. The van der Waals surface area contributed by atoms with Crippen molar-refractivity contribution in [2.24, 2.45) is 17.3 Å². The van der Waals surface area contributed by atoms with Gasteiger partial charge in [0.2, 0.25) is 10.0 Å². The van der Waals surface area contributed by atoms with E-state index >= 15 is 0 Å². The molecule has 0 amide bonds. The van der Waals surface area contributed by atoms with Crippen molar-refractivity contribution in [2.75, 3.05) is 27.3 Å². The molecule has 4 atom stereocenters. The zero-order chi connectivity index (χ0) is 25.4. The van der Waals surface area contributed by atoms with Crippen LogP contribution in [0.3, 0.4) is 0 Å². The van der Waals surface area contributed by atoms with Gasteiger partial charge in [-0.3, -0.25) is 9.59 Å². The van der Waals surface area contributed by atoms with E-state index in [1.54, 1.807) is 54.6 Å². The molecule has 2 aromatic carbocycles. The van der Waals surface area contributed by atoms with Crippen molar-refractivity contribution in [3.63, 3.8) is 0 Å². The summed E-state index contributed by atoms with van der Waals surface area (Å²) in [6.07, 6.45) is 0.508. The SMILES string of the molecule is COC(=O)C1C=C2CN(S(=O)(=O)c3ccc(C)cc3)C[C@]2([C@@H](O)c2ccccc2)CC1C(=O)OC. The van der Waals surface area contributed by atoms with E-state index in [0.29, 0.717) is 11.1 Å². The maximum absolute atomic E-state index is 13.6. The molecule has 186 valence electrons. The summed E-state index contributed by atoms with van der Waals surface area (Å²) in [6.45, 7) is 1.81. The van der Waals surface area contributed by atoms with Crippen LogP contribution in [0.1, 0.15) is 23.7 Å². The van der Waals surface area contributed by atoms with E-state index in [-0.39, 0.29) is 24.4 Å². The summed E-state index contributed by atoms with van der Waals surface area (Å²) in [7, 11) is -1.44. The largest absolute Gasteiger partial charge is 0.469 e. The van der Waals surface area contributed by atoms with Crippen LogP contribution in [-0.4, -0.2) is 57.1 Å². The predicted octanol–water partition coefficient (Wildman–Crippen LogP) is 2.63. The van der Waals surface area contributed by atoms with Crippen LogP contribution >= 0.6 is 0 Å². The molecule has 9 heteroatoms. The van der Waals surface area contributed by atoms with Crippen LogP contribution in [0.15, 0.2) is 71.1 Å². The monoisotopic (exact) mass is 499 g/mol. The lowest BCUT2D eigenvalue weighted by Gasteiger charge is -2.42. The molecule has 4 rings (SSSR count). The second-order valence-electron chi connectivity index (χ2n) is 9.13. The van der Waals surface area contributed by atoms with Gasteiger partial charge < -0.3 is 14.6 Å². The Bertz CT molecular complexity index is 1240. The third-order valence-corrected chi connectivity index (χ3v) is 8.92. The quantitative estimate of drug-likeness (QED) is 0.481. The van der Waals surface area contributed by atoms with Crippen molar-refractivity contribution in [3.8, 4) is 0 Å². The summed E-state index contributed by atoms with van der Waals surface area (Å²) in [5.74, 6) is -3.11. The smallest absolute Gasteiger partial charge is 0.313 e. The Kier molecular flexibility index (Phi) is 6.86. The molecule has 0 aromatic heterocycles. The Balaban J connectivity index is 1.83. The number of aryl methyl sites for hydroxylation is 1. The number of sulfonamides is 1. The molecule has 1 aliphatic heterocycles. The summed E-state index contributed by atoms with van der Waals surface area (Å²) in [4.78, 5) is 25.5. The average molecular weight is 500 g/mol. The van der Waals surface area contributed by atoms with E-state index in [1.165, 1.54) is 18.5 Å². The molecule has 1 heterocycles. The first-order valence-electron chi connectivity index (χ1n) is 11.3. The molecule has 0 spiro atoms. The van der Waals surface area contributed by atoms with Crippen molar-refractivity contribution in [1.29, 1.82) is 0 Å². The van der Waals surface area contributed by atoms with Crippen molar-refractivity contribution in [1.82, 2.24) is 4.31 Å². The summed E-state index contributed by atoms with van der Waals surface area (Å²) in [6, 6.07) is 15.5. The second-order valence-corrected chi connectivity index (χ2v) is 11.1. The van der Waals surface area contributed by atoms with Gasteiger partial charge in [-0.05, 0) is 36.6 Å². The summed E-state index contributed by atoms with van der Waals surface area (Å²) in [5.41, 5.74) is 0.982. The Labute approximate surface area is 205 Å². The molecular formula is C26H29NO7S. The third kappa shape index (κ3) is 4.39. The van der Waals surface area contributed by atoms with Crippen LogP contribution in [0.2, 0.25) is 0 Å². The van der Waals surface area contributed by atoms with Gasteiger partial charge in [-0.15, -0.1) is 0 Å². The van der Waals surface area contributed by atoms with Crippen molar-refractivity contribution < 1.29 is 32.6 Å². The van der Waals surface area contributed by atoms with Gasteiger partial charge in [0.15, 0.2) is 0 Å². The molecule has 8 nitrogen and oxygen atoms in total. The fourth-order valence-electron chi connectivity index (χ4n) is 5.19. The number of carbonyl (C=O) groups excluding carboxylic acids is 2. The zero-order valence-corrected chi connectivity index (χ0v) is 20.7. The summed E-state index contributed by atoms with van der Waals surface area (Å²) >= 11 is 0. The molecule has 2 aromatic rings. The van der Waals surface area contributed by atoms with Gasteiger partial charge in [0.05, 0.1) is 37.1 Å². The number of esters is 2. The fraction of sp³-hybridized carbons (Fsp3) is 0.385. The van der Waals surface area contributed by atoms with E-state index in [4.69, 9.17) is 9.47 Å². The Hall–Kier alpha value is -3.01. The highest BCUT2D eigenvalue weighted by Crippen LogP contribution is 2.55. The average Bonchev–Trinajstić information content (AvgIpc) is 3.28. The maximum Gasteiger partial charge on any atom is 0.313 e. The van der Waals surface area contributed by atoms with Crippen LogP contribution in [0, 0.1) is 24.2 Å². The van der Waals surface area contributed by atoms with Crippen LogP contribution in [0.5, 0.6) is 0 Å². The number of benzene rings is 2. The number of hydrogen-bond donors (Lipinski definition) is 1. The number of rotatable bonds is 6. The molecule has 0 radical (unpaired) electrons. The van der Waals surface area contributed by atoms with Gasteiger partial charge in [0, 0.05) is 18.5 Å². The maximum atomic E-state index is 13.6. The van der Waals surface area contributed by atoms with Gasteiger partial charge >= 0.3 is 11.9 Å². The molecule has 0 bridgehead atoms. The fourth-order valence-corrected chi connectivity index (χ4v) is 6.68. The number of methoxy groups -OCH3 is 2. The number of ether oxygens (including phenoxy) is 2. The molecule has 1 aliphatic carbocycles. The Morgan fingerprint density at radius 3 is 2.26 bits per heavy atom. The van der Waals surface area contributed by atoms with Gasteiger partial charge in [-0.1, -0.05) is 54.1 Å². The van der Waals surface area contributed by atoms with Crippen molar-refractivity contribution >= 4 is 22.0 Å². The summed E-state index contributed by atoms with van der Waals surface area (Å²) < 4.78 is 38.4. The van der Waals surface area contributed by atoms with E-state index in [0.717, 1.165) is 5.56 Å². The lowest BCUT2D eigenvalue weighted by molar-refractivity contribution is -0.158. The van der Waals surface area contributed by atoms with E-state index in [2.05, 4.69) is 0 Å². The first-order chi connectivity index (χ1) is 16.6. The van der Waals surface area contributed by atoms with E-state index in [1.807, 2.05) is 13.0 Å². The highest BCUT2D eigenvalue weighted by Gasteiger charge is 2.57. The number of nitrogens with zero attached hydrogens (tertiary/aromatic N) is 1. The highest BCUT2D eigenvalue weighted by atomic mass is 32.2. The lowest BCUT2D eigenvalue weighted by Crippen LogP contribution is -2.44. The summed E-state index contributed by atoms with van der Waals surface area (Å²) in [5, 5.41) is 11.6. The zero-order valence-electron chi connectivity index (χ0n) is 19.9. The minimum atomic E-state index is -3.91. The number of aliphatic hydroxyl groups is 1. The topological polar surface area (TPSA) is 110 Å². The molecule has 1 N–H and O–H groups in total. The third-order valence-electron chi connectivity index (χ3n) is 7.12. The minimum Gasteiger partial charge on any atom is -0.469 e. The predicted molar refractivity (Wildman–Crippen MR) is 127 cm³/mol. The molecule has 35 heavy (non-hydrogen) atoms.